The summed E-state index contributed by atoms with van der Waals surface area (Å²) in [6.45, 7) is 15.4. The van der Waals surface area contributed by atoms with Gasteiger partial charge in [-0.2, -0.15) is 0 Å². The van der Waals surface area contributed by atoms with Gasteiger partial charge in [0.2, 0.25) is 0 Å². The fourth-order valence-corrected chi connectivity index (χ4v) is 3.14. The van der Waals surface area contributed by atoms with Gasteiger partial charge in [0, 0.05) is 39.3 Å². The third-order valence-electron chi connectivity index (χ3n) is 4.93. The second-order valence-electron chi connectivity index (χ2n) is 7.06. The molecular weight excluding hydrogens is 298 g/mol. The minimum Gasteiger partial charge on any atom is -0.357 e. The average Bonchev–Trinajstić information content (AvgIpc) is 2.79. The van der Waals surface area contributed by atoms with Crippen LogP contribution in [-0.4, -0.2) is 75.2 Å². The summed E-state index contributed by atoms with van der Waals surface area (Å²) in [5.41, 5.74) is 0. The fraction of sp³-hybridized carbons (Fsp3) is 0.947. The predicted octanol–water partition coefficient (Wildman–Crippen LogP) is 2.40. The zero-order valence-corrected chi connectivity index (χ0v) is 16.6. The van der Waals surface area contributed by atoms with Gasteiger partial charge in [-0.3, -0.25) is 4.99 Å². The molecule has 5 heteroatoms. The molecule has 0 aliphatic carbocycles. The van der Waals surface area contributed by atoms with Gasteiger partial charge in [0.15, 0.2) is 5.96 Å². The molecule has 2 N–H and O–H groups in total. The lowest BCUT2D eigenvalue weighted by Gasteiger charge is -2.21. The monoisotopic (exact) mass is 339 g/mol. The van der Waals surface area contributed by atoms with Crippen LogP contribution in [0.3, 0.4) is 0 Å². The molecule has 5 nitrogen and oxygen atoms in total. The standard InChI is InChI=1S/C19H41N5/c1-5-8-10-18(6-2)17-22-19(20-7-3)21-11-14-24-13-9-12-23(4)15-16-24/h18H,5-17H2,1-4H3,(H2,20,21,22). The van der Waals surface area contributed by atoms with E-state index in [0.29, 0.717) is 0 Å². The summed E-state index contributed by atoms with van der Waals surface area (Å²) in [5.74, 6) is 1.71. The average molecular weight is 340 g/mol. The minimum absolute atomic E-state index is 0.724. The molecule has 0 aromatic heterocycles. The van der Waals surface area contributed by atoms with Gasteiger partial charge in [0.25, 0.3) is 0 Å². The Bertz CT molecular complexity index is 332. The quantitative estimate of drug-likeness (QED) is 0.474. The van der Waals surface area contributed by atoms with E-state index in [9.17, 15) is 0 Å². The lowest BCUT2D eigenvalue weighted by atomic mass is 10.00. The molecule has 1 saturated heterocycles. The van der Waals surface area contributed by atoms with E-state index in [4.69, 9.17) is 4.99 Å². The Morgan fingerprint density at radius 1 is 1.08 bits per heavy atom. The highest BCUT2D eigenvalue weighted by molar-refractivity contribution is 5.79. The predicted molar refractivity (Wildman–Crippen MR) is 106 cm³/mol. The van der Waals surface area contributed by atoms with Crippen molar-refractivity contribution in [3.8, 4) is 0 Å². The molecule has 0 spiro atoms. The molecule has 1 fully saturated rings. The van der Waals surface area contributed by atoms with Crippen LogP contribution in [-0.2, 0) is 0 Å². The van der Waals surface area contributed by atoms with Crippen LogP contribution in [0, 0.1) is 5.92 Å². The lowest BCUT2D eigenvalue weighted by molar-refractivity contribution is 0.280. The number of guanidine groups is 1. The van der Waals surface area contributed by atoms with E-state index >= 15 is 0 Å². The molecule has 1 aliphatic rings. The molecule has 24 heavy (non-hydrogen) atoms. The SMILES string of the molecule is CCCCC(CC)CN=C(NCC)NCCN1CCCN(C)CC1. The molecule has 0 aromatic carbocycles. The second-order valence-corrected chi connectivity index (χ2v) is 7.06. The second kappa shape index (κ2) is 13.5. The first kappa shape index (κ1) is 21.2. The van der Waals surface area contributed by atoms with Crippen molar-refractivity contribution in [1.82, 2.24) is 20.4 Å². The zero-order valence-electron chi connectivity index (χ0n) is 16.6. The number of nitrogens with zero attached hydrogens (tertiary/aromatic N) is 3. The molecule has 0 radical (unpaired) electrons. The highest BCUT2D eigenvalue weighted by Gasteiger charge is 2.11. The van der Waals surface area contributed by atoms with Gasteiger partial charge in [-0.25, -0.2) is 0 Å². The van der Waals surface area contributed by atoms with E-state index in [1.165, 1.54) is 58.3 Å². The Kier molecular flexibility index (Phi) is 11.9. The summed E-state index contributed by atoms with van der Waals surface area (Å²) in [7, 11) is 2.22. The first-order valence-corrected chi connectivity index (χ1v) is 10.1. The minimum atomic E-state index is 0.724. The molecule has 0 saturated carbocycles. The maximum Gasteiger partial charge on any atom is 0.191 e. The first-order chi connectivity index (χ1) is 11.7. The Morgan fingerprint density at radius 3 is 2.62 bits per heavy atom. The van der Waals surface area contributed by atoms with E-state index < -0.39 is 0 Å². The van der Waals surface area contributed by atoms with Crippen molar-refractivity contribution in [2.45, 2.75) is 52.9 Å². The number of likely N-dealkylation sites (N-methyl/N-ethyl adjacent to an activating group) is 1. The number of rotatable bonds is 10. The number of unbranched alkanes of at least 4 members (excludes halogenated alkanes) is 1. The Labute approximate surface area is 150 Å². The molecule has 142 valence electrons. The fourth-order valence-electron chi connectivity index (χ4n) is 3.14. The van der Waals surface area contributed by atoms with Gasteiger partial charge in [-0.1, -0.05) is 33.1 Å². The molecule has 1 unspecified atom stereocenters. The third kappa shape index (κ3) is 9.48. The topological polar surface area (TPSA) is 42.9 Å². The van der Waals surface area contributed by atoms with Crippen LogP contribution in [0.1, 0.15) is 52.9 Å². The van der Waals surface area contributed by atoms with Gasteiger partial charge < -0.3 is 20.4 Å². The molecule has 1 rings (SSSR count). The van der Waals surface area contributed by atoms with Crippen LogP contribution >= 0.6 is 0 Å². The molecule has 0 bridgehead atoms. The van der Waals surface area contributed by atoms with E-state index in [0.717, 1.165) is 38.1 Å². The highest BCUT2D eigenvalue weighted by atomic mass is 15.2. The molecule has 1 heterocycles. The lowest BCUT2D eigenvalue weighted by Crippen LogP contribution is -2.42. The maximum absolute atomic E-state index is 4.82. The van der Waals surface area contributed by atoms with Gasteiger partial charge >= 0.3 is 0 Å². The van der Waals surface area contributed by atoms with E-state index in [-0.39, 0.29) is 0 Å². The van der Waals surface area contributed by atoms with Crippen LogP contribution in [0.4, 0.5) is 0 Å². The Morgan fingerprint density at radius 2 is 1.92 bits per heavy atom. The van der Waals surface area contributed by atoms with E-state index in [1.54, 1.807) is 0 Å². The van der Waals surface area contributed by atoms with Crippen molar-refractivity contribution in [1.29, 1.82) is 0 Å². The molecule has 0 amide bonds. The first-order valence-electron chi connectivity index (χ1n) is 10.1. The van der Waals surface area contributed by atoms with E-state index in [1.807, 2.05) is 0 Å². The summed E-state index contributed by atoms with van der Waals surface area (Å²) in [6.07, 6.45) is 6.41. The van der Waals surface area contributed by atoms with Crippen molar-refractivity contribution in [2.75, 3.05) is 59.4 Å². The van der Waals surface area contributed by atoms with Gasteiger partial charge in [0.1, 0.15) is 0 Å². The summed E-state index contributed by atoms with van der Waals surface area (Å²) in [4.78, 5) is 9.81. The summed E-state index contributed by atoms with van der Waals surface area (Å²) < 4.78 is 0. The molecule has 0 aromatic rings. The van der Waals surface area contributed by atoms with Crippen molar-refractivity contribution >= 4 is 5.96 Å². The van der Waals surface area contributed by atoms with Gasteiger partial charge in [-0.15, -0.1) is 0 Å². The summed E-state index contributed by atoms with van der Waals surface area (Å²) in [5, 5.41) is 6.91. The third-order valence-corrected chi connectivity index (χ3v) is 4.93. The van der Waals surface area contributed by atoms with Gasteiger partial charge in [0.05, 0.1) is 0 Å². The molecule has 1 atom stereocenters. The number of nitrogens with one attached hydrogen (secondary N) is 2. The normalized spacial score (nSPS) is 19.1. The Balaban J connectivity index is 2.34. The van der Waals surface area contributed by atoms with Gasteiger partial charge in [-0.05, 0) is 45.8 Å². The summed E-state index contributed by atoms with van der Waals surface area (Å²) >= 11 is 0. The number of aliphatic imine (C=N–C) groups is 1. The van der Waals surface area contributed by atoms with Crippen molar-refractivity contribution < 1.29 is 0 Å². The molecule has 1 aliphatic heterocycles. The van der Waals surface area contributed by atoms with Crippen molar-refractivity contribution in [3.63, 3.8) is 0 Å². The zero-order chi connectivity index (χ0) is 17.6. The smallest absolute Gasteiger partial charge is 0.191 e. The maximum atomic E-state index is 4.82. The Hall–Kier alpha value is -0.810. The van der Waals surface area contributed by atoms with Crippen molar-refractivity contribution in [3.05, 3.63) is 0 Å². The van der Waals surface area contributed by atoms with Crippen LogP contribution in [0.2, 0.25) is 0 Å². The highest BCUT2D eigenvalue weighted by Crippen LogP contribution is 2.12. The van der Waals surface area contributed by atoms with E-state index in [2.05, 4.69) is 48.3 Å². The van der Waals surface area contributed by atoms with Crippen LogP contribution < -0.4 is 10.6 Å². The number of hydrogen-bond acceptors (Lipinski definition) is 3. The van der Waals surface area contributed by atoms with Crippen molar-refractivity contribution in [2.24, 2.45) is 10.9 Å². The largest absolute Gasteiger partial charge is 0.357 e. The van der Waals surface area contributed by atoms with Crippen LogP contribution in [0.25, 0.3) is 0 Å². The number of hydrogen-bond donors (Lipinski definition) is 2. The van der Waals surface area contributed by atoms with Crippen LogP contribution in [0.5, 0.6) is 0 Å². The van der Waals surface area contributed by atoms with Crippen LogP contribution in [0.15, 0.2) is 4.99 Å². The summed E-state index contributed by atoms with van der Waals surface area (Å²) in [6, 6.07) is 0. The molecular formula is C19H41N5.